The molecule has 74 valence electrons. The molecule has 0 aromatic rings. The molecule has 0 aliphatic carbocycles. The highest BCUT2D eigenvalue weighted by atomic mass is 32.2. The third kappa shape index (κ3) is 10.3. The van der Waals surface area contributed by atoms with E-state index in [0.717, 1.165) is 38.6 Å². The summed E-state index contributed by atoms with van der Waals surface area (Å²) in [6, 6.07) is 0. The molecular weight excluding hydrogens is 172 g/mol. The van der Waals surface area contributed by atoms with Gasteiger partial charge in [0.2, 0.25) is 0 Å². The molecular formula is C9H20O2S. The maximum absolute atomic E-state index is 5.32. The van der Waals surface area contributed by atoms with Gasteiger partial charge in [-0.25, -0.2) is 0 Å². The van der Waals surface area contributed by atoms with Crippen LogP contribution in [-0.4, -0.2) is 38.4 Å². The van der Waals surface area contributed by atoms with Crippen LogP contribution in [0.15, 0.2) is 0 Å². The van der Waals surface area contributed by atoms with Gasteiger partial charge in [0.15, 0.2) is 0 Å². The van der Waals surface area contributed by atoms with E-state index in [9.17, 15) is 0 Å². The van der Waals surface area contributed by atoms with Crippen molar-refractivity contribution < 1.29 is 9.47 Å². The van der Waals surface area contributed by atoms with E-state index in [2.05, 4.69) is 13.2 Å². The molecule has 0 aliphatic rings. The molecule has 0 saturated heterocycles. The summed E-state index contributed by atoms with van der Waals surface area (Å²) in [5, 5.41) is 0. The van der Waals surface area contributed by atoms with Crippen molar-refractivity contribution in [2.45, 2.75) is 19.8 Å². The molecule has 3 heteroatoms. The normalized spacial score (nSPS) is 10.5. The molecule has 0 amide bonds. The Balaban J connectivity index is 2.73. The smallest absolute Gasteiger partial charge is 0.0700 e. The van der Waals surface area contributed by atoms with Crippen LogP contribution in [0.4, 0.5) is 0 Å². The zero-order valence-electron chi connectivity index (χ0n) is 8.17. The van der Waals surface area contributed by atoms with Crippen molar-refractivity contribution in [3.05, 3.63) is 0 Å². The summed E-state index contributed by atoms with van der Waals surface area (Å²) in [6.45, 7) is 5.37. The maximum atomic E-state index is 5.32. The predicted octanol–water partition coefficient (Wildman–Crippen LogP) is 2.18. The molecule has 12 heavy (non-hydrogen) atoms. The molecule has 0 fully saturated rings. The number of hydrogen-bond donors (Lipinski definition) is 0. The summed E-state index contributed by atoms with van der Waals surface area (Å²) in [5.41, 5.74) is 0. The van der Waals surface area contributed by atoms with Gasteiger partial charge in [-0.1, -0.05) is 13.3 Å². The molecule has 0 heterocycles. The van der Waals surface area contributed by atoms with Crippen molar-refractivity contribution in [1.29, 1.82) is 0 Å². The van der Waals surface area contributed by atoms with Crippen molar-refractivity contribution in [2.24, 2.45) is 0 Å². The molecule has 2 nitrogen and oxygen atoms in total. The van der Waals surface area contributed by atoms with E-state index in [-0.39, 0.29) is 0 Å². The number of thioether (sulfide) groups is 1. The van der Waals surface area contributed by atoms with Gasteiger partial charge in [-0.2, -0.15) is 11.8 Å². The van der Waals surface area contributed by atoms with E-state index in [4.69, 9.17) is 9.47 Å². The quantitative estimate of drug-likeness (QED) is 0.522. The lowest BCUT2D eigenvalue weighted by Crippen LogP contribution is -2.06. The molecule has 0 atom stereocenters. The number of hydrogen-bond acceptors (Lipinski definition) is 3. The van der Waals surface area contributed by atoms with Crippen LogP contribution in [0, 0.1) is 0 Å². The molecule has 0 rings (SSSR count). The Morgan fingerprint density at radius 1 is 1.00 bits per heavy atom. The largest absolute Gasteiger partial charge is 0.379 e. The fraction of sp³-hybridized carbons (Fsp3) is 1.00. The highest BCUT2D eigenvalue weighted by Crippen LogP contribution is 1.91. The van der Waals surface area contributed by atoms with Gasteiger partial charge in [-0.3, -0.25) is 0 Å². The summed E-state index contributed by atoms with van der Waals surface area (Å²) in [5.74, 6) is 1.08. The second-order valence-corrected chi connectivity index (χ2v) is 3.56. The fourth-order valence-corrected chi connectivity index (χ4v) is 0.995. The second-order valence-electron chi connectivity index (χ2n) is 2.57. The van der Waals surface area contributed by atoms with Crippen LogP contribution in [0.1, 0.15) is 19.8 Å². The van der Waals surface area contributed by atoms with Crippen molar-refractivity contribution in [3.63, 3.8) is 0 Å². The summed E-state index contributed by atoms with van der Waals surface area (Å²) < 4.78 is 10.6. The van der Waals surface area contributed by atoms with Crippen LogP contribution < -0.4 is 0 Å². The van der Waals surface area contributed by atoms with E-state index in [1.54, 1.807) is 0 Å². The number of rotatable bonds is 9. The summed E-state index contributed by atoms with van der Waals surface area (Å²) in [4.78, 5) is 0. The van der Waals surface area contributed by atoms with E-state index in [1.165, 1.54) is 6.42 Å². The Morgan fingerprint density at radius 3 is 2.25 bits per heavy atom. The predicted molar refractivity (Wildman–Crippen MR) is 54.9 cm³/mol. The average molecular weight is 192 g/mol. The molecule has 0 saturated carbocycles. The lowest BCUT2D eigenvalue weighted by atomic mass is 10.4. The molecule has 0 unspecified atom stereocenters. The van der Waals surface area contributed by atoms with Gasteiger partial charge in [0.1, 0.15) is 0 Å². The van der Waals surface area contributed by atoms with E-state index >= 15 is 0 Å². The highest BCUT2D eigenvalue weighted by molar-refractivity contribution is 7.98. The van der Waals surface area contributed by atoms with Crippen molar-refractivity contribution >= 4 is 11.8 Å². The molecule has 0 aromatic heterocycles. The Bertz CT molecular complexity index is 68.9. The first-order valence-electron chi connectivity index (χ1n) is 4.56. The monoisotopic (exact) mass is 192 g/mol. The van der Waals surface area contributed by atoms with E-state index in [1.807, 2.05) is 11.8 Å². The minimum Gasteiger partial charge on any atom is -0.379 e. The average Bonchev–Trinajstić information content (AvgIpc) is 2.10. The van der Waals surface area contributed by atoms with Crippen molar-refractivity contribution in [1.82, 2.24) is 0 Å². The van der Waals surface area contributed by atoms with Gasteiger partial charge in [0, 0.05) is 12.4 Å². The van der Waals surface area contributed by atoms with E-state index in [0.29, 0.717) is 0 Å². The Kier molecular flexibility index (Phi) is 11.5. The molecule has 0 bridgehead atoms. The van der Waals surface area contributed by atoms with Gasteiger partial charge >= 0.3 is 0 Å². The van der Waals surface area contributed by atoms with Crippen LogP contribution in [0.3, 0.4) is 0 Å². The van der Waals surface area contributed by atoms with Gasteiger partial charge in [0.25, 0.3) is 0 Å². The molecule has 0 aliphatic heterocycles. The Labute approximate surface area is 80.0 Å². The van der Waals surface area contributed by atoms with Gasteiger partial charge in [-0.15, -0.1) is 0 Å². The minimum absolute atomic E-state index is 0.740. The topological polar surface area (TPSA) is 18.5 Å². The molecule has 0 radical (unpaired) electrons. The highest BCUT2D eigenvalue weighted by Gasteiger charge is 1.88. The minimum atomic E-state index is 0.740. The first-order valence-corrected chi connectivity index (χ1v) is 5.95. The fourth-order valence-electron chi connectivity index (χ4n) is 0.711. The molecule has 0 aromatic carbocycles. The van der Waals surface area contributed by atoms with Gasteiger partial charge in [-0.05, 0) is 12.7 Å². The van der Waals surface area contributed by atoms with Crippen LogP contribution in [0.5, 0.6) is 0 Å². The third-order valence-electron chi connectivity index (χ3n) is 1.45. The molecule has 0 spiro atoms. The Morgan fingerprint density at radius 2 is 1.67 bits per heavy atom. The van der Waals surface area contributed by atoms with Crippen LogP contribution in [0.25, 0.3) is 0 Å². The zero-order chi connectivity index (χ0) is 9.07. The lowest BCUT2D eigenvalue weighted by Gasteiger charge is -2.03. The van der Waals surface area contributed by atoms with Crippen LogP contribution >= 0.6 is 11.8 Å². The van der Waals surface area contributed by atoms with Crippen molar-refractivity contribution in [3.8, 4) is 0 Å². The van der Waals surface area contributed by atoms with Gasteiger partial charge in [0.05, 0.1) is 19.8 Å². The SMILES string of the molecule is CCCCOCCOCCSC. The number of ether oxygens (including phenoxy) is 2. The number of unbranched alkanes of at least 4 members (excludes halogenated alkanes) is 1. The first-order chi connectivity index (χ1) is 5.91. The second kappa shape index (κ2) is 11.3. The standard InChI is InChI=1S/C9H20O2S/c1-3-4-5-10-6-7-11-8-9-12-2/h3-9H2,1-2H3. The van der Waals surface area contributed by atoms with Crippen molar-refractivity contribution in [2.75, 3.05) is 38.4 Å². The summed E-state index contributed by atoms with van der Waals surface area (Å²) in [6.07, 6.45) is 4.44. The molecule has 0 N–H and O–H groups in total. The Hall–Kier alpha value is 0.270. The summed E-state index contributed by atoms with van der Waals surface area (Å²) >= 11 is 1.81. The van der Waals surface area contributed by atoms with Crippen LogP contribution in [-0.2, 0) is 9.47 Å². The zero-order valence-corrected chi connectivity index (χ0v) is 8.99. The third-order valence-corrected chi connectivity index (χ3v) is 2.02. The first kappa shape index (κ1) is 12.3. The summed E-state index contributed by atoms with van der Waals surface area (Å²) in [7, 11) is 0. The van der Waals surface area contributed by atoms with Gasteiger partial charge < -0.3 is 9.47 Å². The van der Waals surface area contributed by atoms with E-state index < -0.39 is 0 Å². The van der Waals surface area contributed by atoms with Crippen LogP contribution in [0.2, 0.25) is 0 Å². The maximum Gasteiger partial charge on any atom is 0.0700 e. The lowest BCUT2D eigenvalue weighted by molar-refractivity contribution is 0.0527.